The molecular formula is C26H23N3O2. The Morgan fingerprint density at radius 2 is 1.65 bits per heavy atom. The Hall–Kier alpha value is -3.99. The van der Waals surface area contributed by atoms with Crippen molar-refractivity contribution in [3.63, 3.8) is 0 Å². The number of hydrogen-bond acceptors (Lipinski definition) is 2. The number of ether oxygens (including phenoxy) is 1. The molecule has 5 heteroatoms. The number of carbonyl (C=O) groups is 1. The summed E-state index contributed by atoms with van der Waals surface area (Å²) in [6, 6.07) is 29.4. The quantitative estimate of drug-likeness (QED) is 0.477. The summed E-state index contributed by atoms with van der Waals surface area (Å²) in [6.45, 7) is 0.493. The maximum atomic E-state index is 13.5. The minimum atomic E-state index is -0.253. The number of rotatable bonds is 3. The van der Waals surface area contributed by atoms with Gasteiger partial charge < -0.3 is 19.5 Å². The van der Waals surface area contributed by atoms with Crippen molar-refractivity contribution < 1.29 is 9.53 Å². The number of methoxy groups -OCH3 is 1. The molecule has 2 heterocycles. The highest BCUT2D eigenvalue weighted by Crippen LogP contribution is 2.37. The van der Waals surface area contributed by atoms with Crippen molar-refractivity contribution in [3.05, 3.63) is 114 Å². The molecule has 1 N–H and O–H groups in total. The van der Waals surface area contributed by atoms with Crippen molar-refractivity contribution in [1.29, 1.82) is 0 Å². The summed E-state index contributed by atoms with van der Waals surface area (Å²) in [7, 11) is 1.65. The lowest BCUT2D eigenvalue weighted by molar-refractivity contribution is 0.194. The molecule has 0 spiro atoms. The number of nitrogens with zero attached hydrogens (tertiary/aromatic N) is 2. The van der Waals surface area contributed by atoms with Crippen molar-refractivity contribution in [2.45, 2.75) is 12.6 Å². The molecule has 1 atom stereocenters. The fourth-order valence-electron chi connectivity index (χ4n) is 4.19. The molecule has 0 unspecified atom stereocenters. The highest BCUT2D eigenvalue weighted by Gasteiger charge is 2.33. The van der Waals surface area contributed by atoms with E-state index in [-0.39, 0.29) is 12.1 Å². The Morgan fingerprint density at radius 1 is 0.903 bits per heavy atom. The molecule has 0 fully saturated rings. The Morgan fingerprint density at radius 3 is 2.42 bits per heavy atom. The number of anilines is 1. The number of fused-ring (bicyclic) bond motifs is 3. The van der Waals surface area contributed by atoms with Crippen LogP contribution >= 0.6 is 0 Å². The van der Waals surface area contributed by atoms with Crippen molar-refractivity contribution in [2.24, 2.45) is 0 Å². The monoisotopic (exact) mass is 409 g/mol. The summed E-state index contributed by atoms with van der Waals surface area (Å²) in [6.07, 6.45) is 2.06. The summed E-state index contributed by atoms with van der Waals surface area (Å²) < 4.78 is 7.52. The van der Waals surface area contributed by atoms with Crippen LogP contribution in [0.15, 0.2) is 97.2 Å². The van der Waals surface area contributed by atoms with Crippen molar-refractivity contribution in [2.75, 3.05) is 12.4 Å². The zero-order chi connectivity index (χ0) is 21.2. The number of hydrogen-bond donors (Lipinski definition) is 1. The Kier molecular flexibility index (Phi) is 4.92. The maximum absolute atomic E-state index is 13.5. The molecule has 5 nitrogen and oxygen atoms in total. The molecule has 0 bridgehead atoms. The second-order valence-corrected chi connectivity index (χ2v) is 7.53. The first-order valence-corrected chi connectivity index (χ1v) is 10.3. The van der Waals surface area contributed by atoms with E-state index in [1.165, 1.54) is 0 Å². The molecule has 0 aliphatic carbocycles. The van der Waals surface area contributed by atoms with E-state index < -0.39 is 0 Å². The van der Waals surface area contributed by atoms with E-state index in [4.69, 9.17) is 4.74 Å². The minimum Gasteiger partial charge on any atom is -0.497 e. The third-order valence-corrected chi connectivity index (χ3v) is 5.68. The second-order valence-electron chi connectivity index (χ2n) is 7.53. The van der Waals surface area contributed by atoms with Crippen LogP contribution in [0.1, 0.15) is 22.9 Å². The lowest BCUT2D eigenvalue weighted by Crippen LogP contribution is -2.37. The highest BCUT2D eigenvalue weighted by atomic mass is 16.5. The minimum absolute atomic E-state index is 0.142. The van der Waals surface area contributed by atoms with E-state index in [0.717, 1.165) is 33.9 Å². The molecule has 1 aromatic heterocycles. The van der Waals surface area contributed by atoms with Gasteiger partial charge in [0.15, 0.2) is 0 Å². The van der Waals surface area contributed by atoms with Gasteiger partial charge >= 0.3 is 6.03 Å². The molecule has 5 rings (SSSR count). The van der Waals surface area contributed by atoms with Crippen molar-refractivity contribution >= 4 is 11.7 Å². The smallest absolute Gasteiger partial charge is 0.322 e. The third-order valence-electron chi connectivity index (χ3n) is 5.68. The number of amides is 2. The predicted molar refractivity (Wildman–Crippen MR) is 122 cm³/mol. The molecule has 0 saturated heterocycles. The van der Waals surface area contributed by atoms with Crippen molar-refractivity contribution in [3.8, 4) is 11.4 Å². The van der Waals surface area contributed by atoms with Gasteiger partial charge in [0, 0.05) is 17.6 Å². The maximum Gasteiger partial charge on any atom is 0.322 e. The molecule has 2 amide bonds. The summed E-state index contributed by atoms with van der Waals surface area (Å²) in [5.41, 5.74) is 5.03. The van der Waals surface area contributed by atoms with E-state index >= 15 is 0 Å². The van der Waals surface area contributed by atoms with Crippen LogP contribution in [-0.4, -0.2) is 22.6 Å². The van der Waals surface area contributed by atoms with Gasteiger partial charge in [0.25, 0.3) is 0 Å². The largest absolute Gasteiger partial charge is 0.497 e. The highest BCUT2D eigenvalue weighted by molar-refractivity contribution is 5.90. The molecule has 4 aromatic rings. The van der Waals surface area contributed by atoms with Gasteiger partial charge in [-0.3, -0.25) is 0 Å². The summed E-state index contributed by atoms with van der Waals surface area (Å²) >= 11 is 0. The number of urea groups is 1. The third kappa shape index (κ3) is 3.55. The Labute approximate surface area is 181 Å². The lowest BCUT2D eigenvalue weighted by atomic mass is 10.0. The summed E-state index contributed by atoms with van der Waals surface area (Å²) in [5, 5.41) is 3.07. The van der Waals surface area contributed by atoms with Crippen LogP contribution in [0.2, 0.25) is 0 Å². The average molecular weight is 409 g/mol. The van der Waals surface area contributed by atoms with Crippen LogP contribution in [0, 0.1) is 0 Å². The van der Waals surface area contributed by atoms with E-state index in [0.29, 0.717) is 6.54 Å². The fourth-order valence-corrected chi connectivity index (χ4v) is 4.19. The first-order valence-electron chi connectivity index (χ1n) is 10.3. The van der Waals surface area contributed by atoms with Crippen molar-refractivity contribution in [1.82, 2.24) is 9.47 Å². The number of para-hydroxylation sites is 2. The Bertz CT molecular complexity index is 1200. The zero-order valence-corrected chi connectivity index (χ0v) is 17.2. The van der Waals surface area contributed by atoms with Gasteiger partial charge in [0.2, 0.25) is 0 Å². The fraction of sp³-hybridized carbons (Fsp3) is 0.115. The van der Waals surface area contributed by atoms with Crippen LogP contribution in [0.5, 0.6) is 5.75 Å². The number of aromatic nitrogens is 1. The van der Waals surface area contributed by atoms with E-state index in [1.54, 1.807) is 7.11 Å². The lowest BCUT2D eigenvalue weighted by Gasteiger charge is -2.31. The first kappa shape index (κ1) is 19.0. The number of carbonyl (C=O) groups excluding carboxylic acids is 1. The topological polar surface area (TPSA) is 46.5 Å². The normalized spacial score (nSPS) is 14.9. The standard InChI is InChI=1S/C26H23N3O2/c1-31-22-15-13-19(14-16-22)25-24-12-7-17-28(24)23-11-6-5-8-20(23)18-29(25)26(30)27-21-9-3-2-4-10-21/h2-17,25H,18H2,1H3,(H,27,30)/t25-/m0/s1. The predicted octanol–water partition coefficient (Wildman–Crippen LogP) is 5.62. The van der Waals surface area contributed by atoms with E-state index in [2.05, 4.69) is 34.3 Å². The van der Waals surface area contributed by atoms with E-state index in [1.807, 2.05) is 77.7 Å². The van der Waals surface area contributed by atoms with Gasteiger partial charge in [-0.15, -0.1) is 0 Å². The van der Waals surface area contributed by atoms with Crippen LogP contribution in [-0.2, 0) is 6.54 Å². The molecular weight excluding hydrogens is 386 g/mol. The molecule has 31 heavy (non-hydrogen) atoms. The van der Waals surface area contributed by atoms with Gasteiger partial charge in [-0.05, 0) is 53.6 Å². The van der Waals surface area contributed by atoms with E-state index in [9.17, 15) is 4.79 Å². The second kappa shape index (κ2) is 8.03. The van der Waals surface area contributed by atoms with Gasteiger partial charge in [0.05, 0.1) is 25.4 Å². The molecule has 0 radical (unpaired) electrons. The average Bonchev–Trinajstić information content (AvgIpc) is 3.24. The molecule has 3 aromatic carbocycles. The molecule has 1 aliphatic rings. The number of nitrogens with one attached hydrogen (secondary N) is 1. The van der Waals surface area contributed by atoms with Crippen LogP contribution < -0.4 is 10.1 Å². The number of benzene rings is 3. The van der Waals surface area contributed by atoms with Crippen LogP contribution in [0.3, 0.4) is 0 Å². The molecule has 154 valence electrons. The summed E-state index contributed by atoms with van der Waals surface area (Å²) in [4.78, 5) is 15.4. The van der Waals surface area contributed by atoms with Crippen LogP contribution in [0.4, 0.5) is 10.5 Å². The summed E-state index contributed by atoms with van der Waals surface area (Å²) in [5.74, 6) is 0.788. The molecule has 1 aliphatic heterocycles. The van der Waals surface area contributed by atoms with Gasteiger partial charge in [-0.2, -0.15) is 0 Å². The van der Waals surface area contributed by atoms with Crippen LogP contribution in [0.25, 0.3) is 5.69 Å². The van der Waals surface area contributed by atoms with Gasteiger partial charge in [-0.25, -0.2) is 4.79 Å². The van der Waals surface area contributed by atoms with Gasteiger partial charge in [0.1, 0.15) is 5.75 Å². The Balaban J connectivity index is 1.63. The molecule has 0 saturated carbocycles. The SMILES string of the molecule is COc1ccc([C@H]2c3cccn3-c3ccccc3CN2C(=O)Nc2ccccc2)cc1. The zero-order valence-electron chi connectivity index (χ0n) is 17.2. The first-order chi connectivity index (χ1) is 15.2. The van der Waals surface area contributed by atoms with Gasteiger partial charge in [-0.1, -0.05) is 48.5 Å².